The van der Waals surface area contributed by atoms with Crippen molar-refractivity contribution in [2.24, 2.45) is 0 Å². The number of thiol groups is 1. The molecule has 0 fully saturated rings. The lowest BCUT2D eigenvalue weighted by Gasteiger charge is -2.12. The highest BCUT2D eigenvalue weighted by Crippen LogP contribution is 2.18. The highest BCUT2D eigenvalue weighted by Gasteiger charge is 2.03. The average Bonchev–Trinajstić information content (AvgIpc) is 2.69. The van der Waals surface area contributed by atoms with Gasteiger partial charge in [0.25, 0.3) is 0 Å². The molecule has 0 radical (unpaired) electrons. The molecule has 0 atom stereocenters. The Kier molecular flexibility index (Phi) is 3.34. The fourth-order valence-corrected chi connectivity index (χ4v) is 1.86. The fourth-order valence-electron chi connectivity index (χ4n) is 1.72. The summed E-state index contributed by atoms with van der Waals surface area (Å²) in [6.07, 6.45) is 3.18. The van der Waals surface area contributed by atoms with Gasteiger partial charge in [0.05, 0.1) is 0 Å². The average molecular weight is 220 g/mol. The van der Waals surface area contributed by atoms with Crippen LogP contribution in [-0.4, -0.2) is 29.4 Å². The maximum Gasteiger partial charge on any atom is 0.0456 e. The number of fused-ring (bicyclic) bond motifs is 1. The summed E-state index contributed by atoms with van der Waals surface area (Å²) < 4.78 is 0. The van der Waals surface area contributed by atoms with Gasteiger partial charge >= 0.3 is 0 Å². The van der Waals surface area contributed by atoms with Gasteiger partial charge in [-0.05, 0) is 25.1 Å². The molecule has 0 unspecified atom stereocenters. The smallest absolute Gasteiger partial charge is 0.0456 e. The maximum absolute atomic E-state index is 4.24. The number of para-hydroxylation sites is 1. The molecule has 3 heteroatoms. The van der Waals surface area contributed by atoms with Gasteiger partial charge in [-0.25, -0.2) is 0 Å². The number of nitrogens with zero attached hydrogens (tertiary/aromatic N) is 1. The highest BCUT2D eigenvalue weighted by atomic mass is 32.1. The minimum Gasteiger partial charge on any atom is -0.361 e. The van der Waals surface area contributed by atoms with E-state index in [1.54, 1.807) is 0 Å². The lowest BCUT2D eigenvalue weighted by molar-refractivity contribution is 0.399. The van der Waals surface area contributed by atoms with E-state index >= 15 is 0 Å². The summed E-state index contributed by atoms with van der Waals surface area (Å²) in [5, 5.41) is 1.34. The molecule has 80 valence electrons. The number of benzene rings is 1. The molecule has 2 rings (SSSR count). The van der Waals surface area contributed by atoms with Crippen molar-refractivity contribution >= 4 is 23.5 Å². The number of hydrogen-bond acceptors (Lipinski definition) is 2. The van der Waals surface area contributed by atoms with Crippen LogP contribution in [0.4, 0.5) is 0 Å². The Morgan fingerprint density at radius 2 is 2.13 bits per heavy atom. The molecule has 2 aromatic rings. The normalized spacial score (nSPS) is 11.4. The Bertz CT molecular complexity index is 436. The Morgan fingerprint density at radius 3 is 2.93 bits per heavy atom. The van der Waals surface area contributed by atoms with Crippen LogP contribution in [0.2, 0.25) is 0 Å². The molecule has 1 N–H and O–H groups in total. The summed E-state index contributed by atoms with van der Waals surface area (Å²) in [5.41, 5.74) is 2.61. The Morgan fingerprint density at radius 1 is 1.33 bits per heavy atom. The second-order valence-corrected chi connectivity index (χ2v) is 4.11. The number of hydrogen-bond donors (Lipinski definition) is 2. The monoisotopic (exact) mass is 220 g/mol. The zero-order valence-electron chi connectivity index (χ0n) is 8.90. The van der Waals surface area contributed by atoms with Gasteiger partial charge in [0.1, 0.15) is 0 Å². The maximum atomic E-state index is 4.24. The van der Waals surface area contributed by atoms with Crippen molar-refractivity contribution < 1.29 is 0 Å². The van der Waals surface area contributed by atoms with E-state index in [4.69, 9.17) is 0 Å². The molecule has 15 heavy (non-hydrogen) atoms. The van der Waals surface area contributed by atoms with Crippen molar-refractivity contribution in [1.29, 1.82) is 0 Å². The molecular weight excluding hydrogens is 204 g/mol. The van der Waals surface area contributed by atoms with Gasteiger partial charge in [0, 0.05) is 29.5 Å². The fraction of sp³-hybridized carbons (Fsp3) is 0.333. The second kappa shape index (κ2) is 4.73. The summed E-state index contributed by atoms with van der Waals surface area (Å²) in [6.45, 7) is 1.05. The van der Waals surface area contributed by atoms with E-state index in [2.05, 4.69) is 60.0 Å². The van der Waals surface area contributed by atoms with Crippen molar-refractivity contribution in [2.75, 3.05) is 19.5 Å². The molecule has 1 aromatic carbocycles. The van der Waals surface area contributed by atoms with E-state index in [0.29, 0.717) is 0 Å². The quantitative estimate of drug-likeness (QED) is 0.599. The lowest BCUT2D eigenvalue weighted by Crippen LogP contribution is -2.19. The van der Waals surface area contributed by atoms with Crippen LogP contribution in [0.5, 0.6) is 0 Å². The summed E-state index contributed by atoms with van der Waals surface area (Å²) >= 11 is 4.24. The first-order chi connectivity index (χ1) is 7.31. The van der Waals surface area contributed by atoms with Gasteiger partial charge in [-0.1, -0.05) is 18.2 Å². The van der Waals surface area contributed by atoms with Crippen molar-refractivity contribution in [3.63, 3.8) is 0 Å². The highest BCUT2D eigenvalue weighted by molar-refractivity contribution is 7.80. The first kappa shape index (κ1) is 10.6. The number of aromatic nitrogens is 1. The summed E-state index contributed by atoms with van der Waals surface area (Å²) in [4.78, 5) is 5.49. The Hall–Kier alpha value is -0.930. The predicted octanol–water partition coefficient (Wildman–Crippen LogP) is 2.53. The molecule has 0 spiro atoms. The molecule has 1 heterocycles. The van der Waals surface area contributed by atoms with Crippen molar-refractivity contribution in [1.82, 2.24) is 9.88 Å². The van der Waals surface area contributed by atoms with Crippen molar-refractivity contribution in [3.8, 4) is 0 Å². The van der Waals surface area contributed by atoms with Crippen LogP contribution in [0, 0.1) is 0 Å². The van der Waals surface area contributed by atoms with Crippen molar-refractivity contribution in [3.05, 3.63) is 36.0 Å². The SMILES string of the molecule is CN(CS)CCc1c[nH]c2ccccc12. The van der Waals surface area contributed by atoms with E-state index in [9.17, 15) is 0 Å². The second-order valence-electron chi connectivity index (χ2n) is 3.83. The Labute approximate surface area is 95.7 Å². The number of rotatable bonds is 4. The molecule has 1 aromatic heterocycles. The number of likely N-dealkylation sites (N-methyl/N-ethyl adjacent to an activating group) is 1. The molecule has 0 aliphatic heterocycles. The topological polar surface area (TPSA) is 19.0 Å². The van der Waals surface area contributed by atoms with E-state index in [-0.39, 0.29) is 0 Å². The van der Waals surface area contributed by atoms with Gasteiger partial charge in [-0.2, -0.15) is 12.6 Å². The number of nitrogens with one attached hydrogen (secondary N) is 1. The first-order valence-electron chi connectivity index (χ1n) is 5.15. The molecule has 0 aliphatic carbocycles. The van der Waals surface area contributed by atoms with Crippen molar-refractivity contribution in [2.45, 2.75) is 6.42 Å². The third-order valence-electron chi connectivity index (χ3n) is 2.68. The number of H-pyrrole nitrogens is 1. The molecular formula is C12H16N2S. The summed E-state index contributed by atoms with van der Waals surface area (Å²) in [6, 6.07) is 8.42. The Balaban J connectivity index is 2.14. The molecule has 0 bridgehead atoms. The van der Waals surface area contributed by atoms with E-state index in [0.717, 1.165) is 18.8 Å². The molecule has 0 saturated heterocycles. The standard InChI is InChI=1S/C12H16N2S/c1-14(9-15)7-6-10-8-13-12-5-3-2-4-11(10)12/h2-5,8,13,15H,6-7,9H2,1H3. The van der Waals surface area contributed by atoms with Crippen LogP contribution in [-0.2, 0) is 6.42 Å². The van der Waals surface area contributed by atoms with Crippen LogP contribution >= 0.6 is 12.6 Å². The molecule has 2 nitrogen and oxygen atoms in total. The van der Waals surface area contributed by atoms with Gasteiger partial charge in [-0.15, -0.1) is 0 Å². The van der Waals surface area contributed by atoms with Gasteiger partial charge < -0.3 is 4.98 Å². The summed E-state index contributed by atoms with van der Waals surface area (Å²) in [7, 11) is 2.09. The van der Waals surface area contributed by atoms with Crippen LogP contribution in [0.25, 0.3) is 10.9 Å². The lowest BCUT2D eigenvalue weighted by atomic mass is 10.1. The zero-order chi connectivity index (χ0) is 10.7. The predicted molar refractivity (Wildman–Crippen MR) is 68.5 cm³/mol. The third-order valence-corrected chi connectivity index (χ3v) is 3.16. The summed E-state index contributed by atoms with van der Waals surface area (Å²) in [5.74, 6) is 0.808. The van der Waals surface area contributed by atoms with E-state index < -0.39 is 0 Å². The zero-order valence-corrected chi connectivity index (χ0v) is 9.80. The van der Waals surface area contributed by atoms with Crippen LogP contribution in [0.3, 0.4) is 0 Å². The number of aromatic amines is 1. The van der Waals surface area contributed by atoms with Crippen LogP contribution < -0.4 is 0 Å². The minimum atomic E-state index is 0.808. The van der Waals surface area contributed by atoms with E-state index in [1.807, 2.05) is 0 Å². The van der Waals surface area contributed by atoms with E-state index in [1.165, 1.54) is 16.5 Å². The molecule has 0 aliphatic rings. The van der Waals surface area contributed by atoms with Gasteiger partial charge in [0.15, 0.2) is 0 Å². The van der Waals surface area contributed by atoms with Crippen LogP contribution in [0.15, 0.2) is 30.5 Å². The largest absolute Gasteiger partial charge is 0.361 e. The van der Waals surface area contributed by atoms with Gasteiger partial charge in [-0.3, -0.25) is 4.90 Å². The third kappa shape index (κ3) is 2.36. The van der Waals surface area contributed by atoms with Gasteiger partial charge in [0.2, 0.25) is 0 Å². The first-order valence-corrected chi connectivity index (χ1v) is 5.79. The molecule has 0 amide bonds. The molecule has 0 saturated carbocycles. The minimum absolute atomic E-state index is 0.808. The van der Waals surface area contributed by atoms with Crippen LogP contribution in [0.1, 0.15) is 5.56 Å².